The minimum atomic E-state index is -2.24. The van der Waals surface area contributed by atoms with E-state index in [-0.39, 0.29) is 30.0 Å². The third-order valence-corrected chi connectivity index (χ3v) is 10.5. The molecule has 0 aromatic heterocycles. The third-order valence-electron chi connectivity index (χ3n) is 10.5. The van der Waals surface area contributed by atoms with Crippen LogP contribution in [0.3, 0.4) is 0 Å². The molecule has 1 saturated heterocycles. The zero-order chi connectivity index (χ0) is 36.0. The highest BCUT2D eigenvalue weighted by atomic mass is 16.6. The summed E-state index contributed by atoms with van der Waals surface area (Å²) in [7, 11) is 4.46. The second kappa shape index (κ2) is 13.1. The molecule has 3 aromatic rings. The van der Waals surface area contributed by atoms with Crippen LogP contribution in [0.15, 0.2) is 66.7 Å². The first-order valence-corrected chi connectivity index (χ1v) is 16.8. The molecule has 2 heterocycles. The molecule has 0 radical (unpaired) electrons. The predicted molar refractivity (Wildman–Crippen MR) is 181 cm³/mol. The van der Waals surface area contributed by atoms with E-state index in [1.165, 1.54) is 33.0 Å². The Morgan fingerprint density at radius 3 is 2.28 bits per heavy atom. The van der Waals surface area contributed by atoms with Crippen molar-refractivity contribution in [3.05, 3.63) is 83.4 Å². The number of benzene rings is 3. The molecule has 2 bridgehead atoms. The molecular formula is C38H44N2O10. The Bertz CT molecular complexity index is 1760. The molecule has 7 atom stereocenters. The Labute approximate surface area is 291 Å². The maximum Gasteiger partial charge on any atom is 0.303 e. The van der Waals surface area contributed by atoms with Crippen molar-refractivity contribution < 1.29 is 48.3 Å². The number of hydrogen-bond donors (Lipinski definition) is 3. The van der Waals surface area contributed by atoms with E-state index in [1.807, 2.05) is 30.3 Å². The standard InChI is InChI=1S/C38H44N2O10/c1-7-36(3,44)35(43)39-29-14-11-19-40(29)33(42)32-30(23-12-9-8-10-13-23)38(24-15-17-25(46-4)18-16-24)34(49-22(2)41)37(32,45)31-27(48-6)20-26(47-5)21-28(31)50-38/h8-10,12-13,15-18,20-21,29-30,32,34,44-45H,7,11,14,19H2,1-6H3,(H,39,43)/t29-,30+,32-,34-,36+,37-,38-/m0/s1. The van der Waals surface area contributed by atoms with Gasteiger partial charge < -0.3 is 44.1 Å². The van der Waals surface area contributed by atoms with Gasteiger partial charge in [-0.1, -0.05) is 49.4 Å². The smallest absolute Gasteiger partial charge is 0.303 e. The number of nitrogens with zero attached hydrogens (tertiary/aromatic N) is 1. The molecule has 1 aliphatic carbocycles. The van der Waals surface area contributed by atoms with Gasteiger partial charge in [-0.05, 0) is 43.9 Å². The summed E-state index contributed by atoms with van der Waals surface area (Å²) in [6.07, 6.45) is -1.06. The summed E-state index contributed by atoms with van der Waals surface area (Å²) < 4.78 is 30.1. The number of methoxy groups -OCH3 is 3. The van der Waals surface area contributed by atoms with Gasteiger partial charge >= 0.3 is 5.97 Å². The van der Waals surface area contributed by atoms with Crippen LogP contribution in [0.2, 0.25) is 0 Å². The van der Waals surface area contributed by atoms with Crippen molar-refractivity contribution in [1.29, 1.82) is 0 Å². The minimum absolute atomic E-state index is 0.127. The number of likely N-dealkylation sites (tertiary alicyclic amines) is 1. The molecule has 3 aromatic carbocycles. The van der Waals surface area contributed by atoms with Crippen LogP contribution in [0, 0.1) is 5.92 Å². The summed E-state index contributed by atoms with van der Waals surface area (Å²) in [5.74, 6) is -2.82. The number of carbonyl (C=O) groups excluding carboxylic acids is 3. The van der Waals surface area contributed by atoms with Crippen LogP contribution in [-0.2, 0) is 30.3 Å². The molecule has 12 nitrogen and oxygen atoms in total. The van der Waals surface area contributed by atoms with Crippen LogP contribution < -0.4 is 24.3 Å². The third kappa shape index (κ3) is 5.41. The van der Waals surface area contributed by atoms with Crippen molar-refractivity contribution in [3.63, 3.8) is 0 Å². The van der Waals surface area contributed by atoms with Crippen LogP contribution in [0.1, 0.15) is 62.6 Å². The Morgan fingerprint density at radius 1 is 1.00 bits per heavy atom. The van der Waals surface area contributed by atoms with Crippen molar-refractivity contribution >= 4 is 17.8 Å². The first kappa shape index (κ1) is 35.0. The molecule has 2 aliphatic heterocycles. The van der Waals surface area contributed by atoms with Gasteiger partial charge in [-0.3, -0.25) is 14.4 Å². The Hall–Kier alpha value is -4.81. The van der Waals surface area contributed by atoms with E-state index in [0.29, 0.717) is 35.5 Å². The van der Waals surface area contributed by atoms with Gasteiger partial charge in [-0.2, -0.15) is 0 Å². The number of rotatable bonds is 10. The number of hydrogen-bond acceptors (Lipinski definition) is 10. The van der Waals surface area contributed by atoms with Gasteiger partial charge in [0.15, 0.2) is 17.3 Å². The number of carbonyl (C=O) groups is 3. The number of ether oxygens (including phenoxy) is 5. The van der Waals surface area contributed by atoms with Crippen molar-refractivity contribution in [2.45, 2.75) is 75.0 Å². The summed E-state index contributed by atoms with van der Waals surface area (Å²) in [4.78, 5) is 43.2. The van der Waals surface area contributed by atoms with Gasteiger partial charge in [0.2, 0.25) is 5.91 Å². The van der Waals surface area contributed by atoms with Crippen molar-refractivity contribution in [3.8, 4) is 23.0 Å². The monoisotopic (exact) mass is 688 g/mol. The highest BCUT2D eigenvalue weighted by Gasteiger charge is 2.78. The van der Waals surface area contributed by atoms with Crippen LogP contribution in [0.25, 0.3) is 0 Å². The molecule has 0 spiro atoms. The normalized spacial score (nSPS) is 27.7. The van der Waals surface area contributed by atoms with Crippen molar-refractivity contribution in [2.75, 3.05) is 27.9 Å². The zero-order valence-corrected chi connectivity index (χ0v) is 29.1. The summed E-state index contributed by atoms with van der Waals surface area (Å²) in [5.41, 5.74) is -4.28. The van der Waals surface area contributed by atoms with Crippen LogP contribution in [0.4, 0.5) is 0 Å². The topological polar surface area (TPSA) is 153 Å². The van der Waals surface area contributed by atoms with Gasteiger partial charge in [-0.15, -0.1) is 0 Å². The van der Waals surface area contributed by atoms with E-state index in [9.17, 15) is 19.8 Å². The van der Waals surface area contributed by atoms with Crippen LogP contribution in [-0.4, -0.2) is 78.6 Å². The zero-order valence-electron chi connectivity index (χ0n) is 29.1. The van der Waals surface area contributed by atoms with Crippen molar-refractivity contribution in [2.24, 2.45) is 5.92 Å². The fourth-order valence-corrected chi connectivity index (χ4v) is 7.90. The molecule has 50 heavy (non-hydrogen) atoms. The molecular weight excluding hydrogens is 644 g/mol. The molecule has 266 valence electrons. The maximum absolute atomic E-state index is 15.4. The minimum Gasteiger partial charge on any atom is -0.497 e. The lowest BCUT2D eigenvalue weighted by atomic mass is 9.75. The van der Waals surface area contributed by atoms with Crippen molar-refractivity contribution in [1.82, 2.24) is 10.2 Å². The van der Waals surface area contributed by atoms with Gasteiger partial charge in [-0.25, -0.2) is 0 Å². The summed E-state index contributed by atoms with van der Waals surface area (Å²) in [6.45, 7) is 4.64. The maximum atomic E-state index is 15.4. The Kier molecular flexibility index (Phi) is 9.21. The number of amides is 2. The van der Waals surface area contributed by atoms with Crippen LogP contribution in [0.5, 0.6) is 23.0 Å². The molecule has 2 amide bonds. The molecule has 3 aliphatic rings. The van der Waals surface area contributed by atoms with Gasteiger partial charge in [0.1, 0.15) is 34.8 Å². The van der Waals surface area contributed by atoms with E-state index in [1.54, 1.807) is 50.4 Å². The van der Waals surface area contributed by atoms with E-state index >= 15 is 4.79 Å². The summed E-state index contributed by atoms with van der Waals surface area (Å²) in [6, 6.07) is 19.4. The number of esters is 1. The van der Waals surface area contributed by atoms with E-state index < -0.39 is 58.7 Å². The lowest BCUT2D eigenvalue weighted by Gasteiger charge is -2.46. The molecule has 6 rings (SSSR count). The average Bonchev–Trinajstić information content (AvgIpc) is 3.63. The molecule has 3 N–H and O–H groups in total. The van der Waals surface area contributed by atoms with E-state index in [2.05, 4.69) is 5.32 Å². The molecule has 0 unspecified atom stereocenters. The predicted octanol–water partition coefficient (Wildman–Crippen LogP) is 3.76. The fourth-order valence-electron chi connectivity index (χ4n) is 7.90. The second-order valence-electron chi connectivity index (χ2n) is 13.3. The number of nitrogens with one attached hydrogen (secondary N) is 1. The largest absolute Gasteiger partial charge is 0.497 e. The summed E-state index contributed by atoms with van der Waals surface area (Å²) in [5, 5.41) is 27.1. The Morgan fingerprint density at radius 2 is 1.68 bits per heavy atom. The lowest BCUT2D eigenvalue weighted by molar-refractivity contribution is -0.196. The highest BCUT2D eigenvalue weighted by Crippen LogP contribution is 2.69. The fraction of sp³-hybridized carbons (Fsp3) is 0.447. The first-order chi connectivity index (χ1) is 23.9. The lowest BCUT2D eigenvalue weighted by Crippen LogP contribution is -2.58. The van der Waals surface area contributed by atoms with Gasteiger partial charge in [0.25, 0.3) is 5.91 Å². The SMILES string of the molecule is CC[C@@](C)(O)C(=O)N[C@@H]1CCCN1C(=O)[C@@H]1[C@@H](c2ccccc2)[C@]2(c3ccc(OC)cc3)Oc3cc(OC)cc(OC)c3[C@@]1(O)[C@@H]2OC(C)=O. The molecule has 1 saturated carbocycles. The van der Waals surface area contributed by atoms with Gasteiger partial charge in [0.05, 0.1) is 32.8 Å². The van der Waals surface area contributed by atoms with Crippen LogP contribution >= 0.6 is 0 Å². The average molecular weight is 689 g/mol. The molecule has 2 fully saturated rings. The highest BCUT2D eigenvalue weighted by molar-refractivity contribution is 5.88. The summed E-state index contributed by atoms with van der Waals surface area (Å²) >= 11 is 0. The quantitative estimate of drug-likeness (QED) is 0.269. The number of fused-ring (bicyclic) bond motifs is 4. The Balaban J connectivity index is 1.65. The van der Waals surface area contributed by atoms with Gasteiger partial charge in [0, 0.05) is 37.1 Å². The molecule has 12 heteroatoms. The van der Waals surface area contributed by atoms with E-state index in [4.69, 9.17) is 23.7 Å². The number of aliphatic hydroxyl groups is 2. The second-order valence-corrected chi connectivity index (χ2v) is 13.3. The first-order valence-electron chi connectivity index (χ1n) is 16.8. The van der Waals surface area contributed by atoms with E-state index in [0.717, 1.165) is 0 Å².